The number of imidazole rings is 1. The summed E-state index contributed by atoms with van der Waals surface area (Å²) in [6, 6.07) is 25.4. The summed E-state index contributed by atoms with van der Waals surface area (Å²) in [6.45, 7) is 6.22. The van der Waals surface area contributed by atoms with Gasteiger partial charge in [0.2, 0.25) is 0 Å². The number of anilines is 1. The van der Waals surface area contributed by atoms with Crippen molar-refractivity contribution in [3.05, 3.63) is 95.8 Å². The standard InChI is InChI=1S/C26H25N3O/c1-3-29(4-2)21-16-14-19(15-17-21)18-22(25(30)20-10-6-5-7-11-20)26-27-23-12-8-9-13-24(23)28-26/h5-18H,3-4H2,1-2H3,(H,27,28). The Balaban J connectivity index is 1.77. The summed E-state index contributed by atoms with van der Waals surface area (Å²) >= 11 is 0. The molecule has 0 unspecified atom stereocenters. The van der Waals surface area contributed by atoms with Crippen molar-refractivity contribution >= 4 is 34.2 Å². The van der Waals surface area contributed by atoms with Gasteiger partial charge in [0.1, 0.15) is 5.82 Å². The zero-order valence-corrected chi connectivity index (χ0v) is 17.3. The number of rotatable bonds is 7. The van der Waals surface area contributed by atoms with Gasteiger partial charge in [0.15, 0.2) is 5.78 Å². The molecule has 3 aromatic carbocycles. The number of hydrogen-bond acceptors (Lipinski definition) is 3. The number of para-hydroxylation sites is 2. The lowest BCUT2D eigenvalue weighted by molar-refractivity contribution is 0.105. The normalized spacial score (nSPS) is 11.6. The number of carbonyl (C=O) groups is 1. The Labute approximate surface area is 176 Å². The van der Waals surface area contributed by atoms with Crippen molar-refractivity contribution in [2.45, 2.75) is 13.8 Å². The van der Waals surface area contributed by atoms with Crippen LogP contribution in [0.5, 0.6) is 0 Å². The van der Waals surface area contributed by atoms with E-state index in [1.54, 1.807) is 0 Å². The highest BCUT2D eigenvalue weighted by atomic mass is 16.1. The van der Waals surface area contributed by atoms with Crippen LogP contribution in [0.4, 0.5) is 5.69 Å². The number of Topliss-reactive ketones (excluding diaryl/α,β-unsaturated/α-hetero) is 1. The average Bonchev–Trinajstić information content (AvgIpc) is 3.23. The van der Waals surface area contributed by atoms with Gasteiger partial charge < -0.3 is 9.88 Å². The summed E-state index contributed by atoms with van der Waals surface area (Å²) in [6.07, 6.45) is 1.92. The Morgan fingerprint density at radius 1 is 0.900 bits per heavy atom. The largest absolute Gasteiger partial charge is 0.372 e. The zero-order valence-electron chi connectivity index (χ0n) is 17.3. The lowest BCUT2D eigenvalue weighted by Gasteiger charge is -2.20. The molecule has 0 radical (unpaired) electrons. The molecule has 4 heteroatoms. The van der Waals surface area contributed by atoms with Crippen molar-refractivity contribution in [1.82, 2.24) is 9.97 Å². The highest BCUT2D eigenvalue weighted by Crippen LogP contribution is 2.24. The van der Waals surface area contributed by atoms with Crippen LogP contribution in [0.15, 0.2) is 78.9 Å². The quantitative estimate of drug-likeness (QED) is 0.316. The predicted molar refractivity (Wildman–Crippen MR) is 125 cm³/mol. The van der Waals surface area contributed by atoms with Gasteiger partial charge in [-0.2, -0.15) is 0 Å². The summed E-state index contributed by atoms with van der Waals surface area (Å²) in [4.78, 5) is 23.6. The van der Waals surface area contributed by atoms with Crippen LogP contribution in [-0.4, -0.2) is 28.8 Å². The van der Waals surface area contributed by atoms with E-state index in [0.29, 0.717) is 17.0 Å². The Kier molecular flexibility index (Phi) is 5.75. The van der Waals surface area contributed by atoms with Crippen molar-refractivity contribution < 1.29 is 4.79 Å². The molecule has 0 aliphatic heterocycles. The molecule has 0 aliphatic rings. The fraction of sp³-hybridized carbons (Fsp3) is 0.154. The molecule has 4 nitrogen and oxygen atoms in total. The lowest BCUT2D eigenvalue weighted by atomic mass is 10.00. The molecule has 0 saturated heterocycles. The van der Waals surface area contributed by atoms with E-state index >= 15 is 0 Å². The monoisotopic (exact) mass is 395 g/mol. The van der Waals surface area contributed by atoms with Gasteiger partial charge in [-0.3, -0.25) is 4.79 Å². The summed E-state index contributed by atoms with van der Waals surface area (Å²) in [5.74, 6) is 0.528. The first-order chi connectivity index (χ1) is 14.7. The first kappa shape index (κ1) is 19.6. The number of fused-ring (bicyclic) bond motifs is 1. The van der Waals surface area contributed by atoms with Crippen molar-refractivity contribution in [3.8, 4) is 0 Å². The van der Waals surface area contributed by atoms with E-state index in [-0.39, 0.29) is 5.78 Å². The third kappa shape index (κ3) is 4.03. The molecule has 1 heterocycles. The first-order valence-corrected chi connectivity index (χ1v) is 10.3. The molecule has 1 N–H and O–H groups in total. The molecule has 0 fully saturated rings. The first-order valence-electron chi connectivity index (χ1n) is 10.3. The Bertz CT molecular complexity index is 1140. The molecular weight excluding hydrogens is 370 g/mol. The van der Waals surface area contributed by atoms with E-state index < -0.39 is 0 Å². The SMILES string of the molecule is CCN(CC)c1ccc(C=C(C(=O)c2ccccc2)c2nc3ccccc3[nH]2)cc1. The fourth-order valence-corrected chi connectivity index (χ4v) is 3.60. The summed E-state index contributed by atoms with van der Waals surface area (Å²) < 4.78 is 0. The molecule has 30 heavy (non-hydrogen) atoms. The van der Waals surface area contributed by atoms with Gasteiger partial charge in [0.05, 0.1) is 16.6 Å². The Morgan fingerprint density at radius 3 is 2.23 bits per heavy atom. The number of carbonyl (C=O) groups excluding carboxylic acids is 1. The van der Waals surface area contributed by atoms with Crippen LogP contribution < -0.4 is 4.90 Å². The maximum Gasteiger partial charge on any atom is 0.196 e. The van der Waals surface area contributed by atoms with Gasteiger partial charge in [-0.1, -0.05) is 54.6 Å². The number of ketones is 1. The van der Waals surface area contributed by atoms with Crippen molar-refractivity contribution in [1.29, 1.82) is 0 Å². The minimum Gasteiger partial charge on any atom is -0.372 e. The number of aromatic amines is 1. The minimum absolute atomic E-state index is 0.0533. The summed E-state index contributed by atoms with van der Waals surface area (Å²) in [5, 5.41) is 0. The van der Waals surface area contributed by atoms with Crippen LogP contribution in [0, 0.1) is 0 Å². The molecule has 4 aromatic rings. The van der Waals surface area contributed by atoms with Gasteiger partial charge >= 0.3 is 0 Å². The third-order valence-corrected chi connectivity index (χ3v) is 5.26. The third-order valence-electron chi connectivity index (χ3n) is 5.26. The molecular formula is C26H25N3O. The van der Waals surface area contributed by atoms with E-state index in [4.69, 9.17) is 0 Å². The lowest BCUT2D eigenvalue weighted by Crippen LogP contribution is -2.21. The highest BCUT2D eigenvalue weighted by molar-refractivity contribution is 6.31. The molecule has 0 bridgehead atoms. The summed E-state index contributed by atoms with van der Waals surface area (Å²) in [7, 11) is 0. The number of nitrogens with one attached hydrogen (secondary N) is 1. The molecule has 0 atom stereocenters. The van der Waals surface area contributed by atoms with Gasteiger partial charge in [-0.25, -0.2) is 4.98 Å². The number of nitrogens with zero attached hydrogens (tertiary/aromatic N) is 2. The van der Waals surface area contributed by atoms with E-state index in [1.807, 2.05) is 60.7 Å². The Morgan fingerprint density at radius 2 is 1.57 bits per heavy atom. The van der Waals surface area contributed by atoms with Crippen LogP contribution in [0.3, 0.4) is 0 Å². The highest BCUT2D eigenvalue weighted by Gasteiger charge is 2.18. The van der Waals surface area contributed by atoms with Crippen molar-refractivity contribution in [2.75, 3.05) is 18.0 Å². The number of aromatic nitrogens is 2. The number of H-pyrrole nitrogens is 1. The molecule has 1 aromatic heterocycles. The maximum absolute atomic E-state index is 13.4. The molecule has 4 rings (SSSR count). The molecule has 0 spiro atoms. The number of hydrogen-bond donors (Lipinski definition) is 1. The molecule has 0 aliphatic carbocycles. The van der Waals surface area contributed by atoms with Gasteiger partial charge in [-0.05, 0) is 49.8 Å². The van der Waals surface area contributed by atoms with Crippen molar-refractivity contribution in [3.63, 3.8) is 0 Å². The van der Waals surface area contributed by atoms with Crippen molar-refractivity contribution in [2.24, 2.45) is 0 Å². The van der Waals surface area contributed by atoms with E-state index in [9.17, 15) is 4.79 Å². The van der Waals surface area contributed by atoms with E-state index in [1.165, 1.54) is 5.69 Å². The molecule has 150 valence electrons. The predicted octanol–water partition coefficient (Wildman–Crippen LogP) is 5.83. The average molecular weight is 396 g/mol. The smallest absolute Gasteiger partial charge is 0.196 e. The van der Waals surface area contributed by atoms with Crippen LogP contribution in [0.1, 0.15) is 35.6 Å². The van der Waals surface area contributed by atoms with Crippen LogP contribution in [0.2, 0.25) is 0 Å². The van der Waals surface area contributed by atoms with Crippen LogP contribution >= 0.6 is 0 Å². The molecule has 0 amide bonds. The van der Waals surface area contributed by atoms with Gasteiger partial charge in [0.25, 0.3) is 0 Å². The summed E-state index contributed by atoms with van der Waals surface area (Å²) in [5.41, 5.74) is 5.09. The van der Waals surface area contributed by atoms with Crippen LogP contribution in [0.25, 0.3) is 22.7 Å². The minimum atomic E-state index is -0.0533. The van der Waals surface area contributed by atoms with Gasteiger partial charge in [-0.15, -0.1) is 0 Å². The van der Waals surface area contributed by atoms with Crippen LogP contribution in [-0.2, 0) is 0 Å². The molecule has 0 saturated carbocycles. The second-order valence-electron chi connectivity index (χ2n) is 7.12. The van der Waals surface area contributed by atoms with E-state index in [0.717, 1.165) is 29.7 Å². The number of allylic oxidation sites excluding steroid dienone is 1. The maximum atomic E-state index is 13.4. The van der Waals surface area contributed by atoms with E-state index in [2.05, 4.69) is 53.0 Å². The Hall–Kier alpha value is -3.66. The zero-order chi connectivity index (χ0) is 20.9. The fourth-order valence-electron chi connectivity index (χ4n) is 3.60. The number of benzene rings is 3. The topological polar surface area (TPSA) is 49.0 Å². The van der Waals surface area contributed by atoms with Gasteiger partial charge in [0, 0.05) is 24.3 Å². The second kappa shape index (κ2) is 8.78. The second-order valence-corrected chi connectivity index (χ2v) is 7.12.